The molecule has 0 aliphatic carbocycles. The predicted octanol–water partition coefficient (Wildman–Crippen LogP) is 2.19. The van der Waals surface area contributed by atoms with E-state index in [0.29, 0.717) is 6.61 Å². The van der Waals surface area contributed by atoms with E-state index in [-0.39, 0.29) is 43.4 Å². The Balaban J connectivity index is 0.00000441. The number of halogens is 4. The van der Waals surface area contributed by atoms with Gasteiger partial charge in [0.2, 0.25) is 5.91 Å². The second-order valence-electron chi connectivity index (χ2n) is 4.21. The first kappa shape index (κ1) is 20.6. The molecule has 126 valence electrons. The van der Waals surface area contributed by atoms with E-state index in [1.807, 2.05) is 0 Å². The zero-order valence-electron chi connectivity index (χ0n) is 11.9. The number of carbonyl (C=O) groups excluding carboxylic acids is 1. The number of benzene rings is 1. The molecule has 0 aliphatic rings. The van der Waals surface area contributed by atoms with Crippen molar-refractivity contribution < 1.29 is 27.4 Å². The fourth-order valence-electron chi connectivity index (χ4n) is 1.55. The standard InChI is InChI=1S/C13H17F3N2O3.ClH/c1-20-2-3-21-8-12(19)18-11-5-9(7-17)4-10(6-11)13(14,15)16;/h4-6H,2-3,7-8,17H2,1H3,(H,18,19);1H. The van der Waals surface area contributed by atoms with Gasteiger partial charge in [-0.2, -0.15) is 13.2 Å². The van der Waals surface area contributed by atoms with Crippen molar-refractivity contribution in [2.24, 2.45) is 5.73 Å². The van der Waals surface area contributed by atoms with Crippen LogP contribution in [0.1, 0.15) is 11.1 Å². The minimum atomic E-state index is -4.50. The predicted molar refractivity (Wildman–Crippen MR) is 77.9 cm³/mol. The van der Waals surface area contributed by atoms with Crippen LogP contribution in [-0.2, 0) is 27.0 Å². The van der Waals surface area contributed by atoms with Gasteiger partial charge in [-0.05, 0) is 23.8 Å². The number of nitrogens with two attached hydrogens (primary N) is 1. The number of ether oxygens (including phenoxy) is 2. The van der Waals surface area contributed by atoms with E-state index < -0.39 is 17.6 Å². The van der Waals surface area contributed by atoms with Gasteiger partial charge in [-0.1, -0.05) is 0 Å². The largest absolute Gasteiger partial charge is 0.416 e. The lowest BCUT2D eigenvalue weighted by atomic mass is 10.1. The fraction of sp³-hybridized carbons (Fsp3) is 0.462. The summed E-state index contributed by atoms with van der Waals surface area (Å²) in [6.07, 6.45) is -4.50. The van der Waals surface area contributed by atoms with Crippen molar-refractivity contribution in [3.8, 4) is 0 Å². The number of anilines is 1. The molecule has 0 bridgehead atoms. The van der Waals surface area contributed by atoms with Crippen molar-refractivity contribution in [2.75, 3.05) is 32.2 Å². The lowest BCUT2D eigenvalue weighted by molar-refractivity contribution is -0.137. The molecule has 1 aromatic carbocycles. The van der Waals surface area contributed by atoms with Gasteiger partial charge < -0.3 is 20.5 Å². The Hall–Kier alpha value is -1.35. The van der Waals surface area contributed by atoms with Crippen molar-refractivity contribution in [3.05, 3.63) is 29.3 Å². The van der Waals surface area contributed by atoms with Gasteiger partial charge in [0.05, 0.1) is 18.8 Å². The van der Waals surface area contributed by atoms with Crippen molar-refractivity contribution in [3.63, 3.8) is 0 Å². The Morgan fingerprint density at radius 3 is 2.50 bits per heavy atom. The number of amides is 1. The third kappa shape index (κ3) is 7.08. The van der Waals surface area contributed by atoms with Crippen molar-refractivity contribution in [2.45, 2.75) is 12.7 Å². The first-order valence-electron chi connectivity index (χ1n) is 6.14. The van der Waals surface area contributed by atoms with Gasteiger partial charge >= 0.3 is 6.18 Å². The second kappa shape index (κ2) is 9.62. The van der Waals surface area contributed by atoms with Crippen molar-refractivity contribution >= 4 is 24.0 Å². The molecule has 0 aliphatic heterocycles. The Morgan fingerprint density at radius 2 is 1.95 bits per heavy atom. The van der Waals surface area contributed by atoms with Gasteiger partial charge in [-0.15, -0.1) is 12.4 Å². The zero-order chi connectivity index (χ0) is 15.9. The number of carbonyl (C=O) groups is 1. The van der Waals surface area contributed by atoms with Crippen LogP contribution in [0, 0.1) is 0 Å². The quantitative estimate of drug-likeness (QED) is 0.745. The summed E-state index contributed by atoms with van der Waals surface area (Å²) < 4.78 is 47.9. The average Bonchev–Trinajstić information content (AvgIpc) is 2.42. The smallest absolute Gasteiger partial charge is 0.382 e. The number of rotatable bonds is 7. The van der Waals surface area contributed by atoms with E-state index in [4.69, 9.17) is 15.2 Å². The second-order valence-corrected chi connectivity index (χ2v) is 4.21. The molecule has 0 saturated carbocycles. The molecule has 0 atom stereocenters. The van der Waals surface area contributed by atoms with E-state index in [1.165, 1.54) is 13.2 Å². The fourth-order valence-corrected chi connectivity index (χ4v) is 1.55. The maximum absolute atomic E-state index is 12.7. The van der Waals surface area contributed by atoms with Crippen molar-refractivity contribution in [1.82, 2.24) is 0 Å². The van der Waals surface area contributed by atoms with Crippen LogP contribution in [0.15, 0.2) is 18.2 Å². The SMILES string of the molecule is COCCOCC(=O)Nc1cc(CN)cc(C(F)(F)F)c1.Cl. The van der Waals surface area contributed by atoms with Crippen LogP contribution in [0.5, 0.6) is 0 Å². The minimum Gasteiger partial charge on any atom is -0.382 e. The summed E-state index contributed by atoms with van der Waals surface area (Å²) in [6, 6.07) is 3.19. The minimum absolute atomic E-state index is 0. The lowest BCUT2D eigenvalue weighted by Crippen LogP contribution is -2.20. The molecule has 0 saturated heterocycles. The van der Waals surface area contributed by atoms with Gasteiger partial charge in [0.15, 0.2) is 0 Å². The van der Waals surface area contributed by atoms with Crippen LogP contribution >= 0.6 is 12.4 Å². The van der Waals surface area contributed by atoms with Gasteiger partial charge in [0.25, 0.3) is 0 Å². The summed E-state index contributed by atoms with van der Waals surface area (Å²) in [5.41, 5.74) is 4.81. The van der Waals surface area contributed by atoms with Gasteiger partial charge in [0, 0.05) is 19.3 Å². The molecule has 0 heterocycles. The molecule has 9 heteroatoms. The summed E-state index contributed by atoms with van der Waals surface area (Å²) in [5.74, 6) is -0.548. The van der Waals surface area contributed by atoms with Crippen LogP contribution in [-0.4, -0.2) is 32.8 Å². The molecule has 3 N–H and O–H groups in total. The Kier molecular flexibility index (Phi) is 9.03. The molecular formula is C13H18ClF3N2O3. The molecule has 0 unspecified atom stereocenters. The molecule has 22 heavy (non-hydrogen) atoms. The zero-order valence-corrected chi connectivity index (χ0v) is 12.7. The topological polar surface area (TPSA) is 73.6 Å². The summed E-state index contributed by atoms with van der Waals surface area (Å²) in [6.45, 7) is 0.226. The third-order valence-corrected chi connectivity index (χ3v) is 2.50. The lowest BCUT2D eigenvalue weighted by Gasteiger charge is -2.12. The monoisotopic (exact) mass is 342 g/mol. The molecule has 0 fully saturated rings. The Morgan fingerprint density at radius 1 is 1.27 bits per heavy atom. The normalized spacial score (nSPS) is 11.0. The van der Waals surface area contributed by atoms with Crippen LogP contribution in [0.2, 0.25) is 0 Å². The van der Waals surface area contributed by atoms with Crippen LogP contribution in [0.3, 0.4) is 0 Å². The Labute approximate surface area is 132 Å². The van der Waals surface area contributed by atoms with Gasteiger partial charge in [0.1, 0.15) is 6.61 Å². The van der Waals surface area contributed by atoms with Crippen LogP contribution < -0.4 is 11.1 Å². The number of hydrogen-bond acceptors (Lipinski definition) is 4. The molecule has 1 amide bonds. The molecular weight excluding hydrogens is 325 g/mol. The first-order valence-corrected chi connectivity index (χ1v) is 6.14. The maximum atomic E-state index is 12.7. The third-order valence-electron chi connectivity index (χ3n) is 2.50. The van der Waals surface area contributed by atoms with E-state index in [1.54, 1.807) is 0 Å². The number of alkyl halides is 3. The van der Waals surface area contributed by atoms with E-state index in [2.05, 4.69) is 5.32 Å². The first-order chi connectivity index (χ1) is 9.86. The van der Waals surface area contributed by atoms with Crippen molar-refractivity contribution in [1.29, 1.82) is 0 Å². The molecule has 1 rings (SSSR count). The van der Waals surface area contributed by atoms with E-state index in [9.17, 15) is 18.0 Å². The summed E-state index contributed by atoms with van der Waals surface area (Å²) >= 11 is 0. The van der Waals surface area contributed by atoms with E-state index in [0.717, 1.165) is 12.1 Å². The average molecular weight is 343 g/mol. The highest BCUT2D eigenvalue weighted by molar-refractivity contribution is 5.91. The molecule has 1 aromatic rings. The summed E-state index contributed by atoms with van der Waals surface area (Å²) in [7, 11) is 1.49. The molecule has 0 aromatic heterocycles. The summed E-state index contributed by atoms with van der Waals surface area (Å²) in [4.78, 5) is 11.5. The Bertz CT molecular complexity index is 484. The molecule has 0 radical (unpaired) electrons. The number of methoxy groups -OCH3 is 1. The highest BCUT2D eigenvalue weighted by Crippen LogP contribution is 2.31. The number of nitrogens with one attached hydrogen (secondary N) is 1. The van der Waals surface area contributed by atoms with E-state index >= 15 is 0 Å². The van der Waals surface area contributed by atoms with Gasteiger partial charge in [-0.25, -0.2) is 0 Å². The van der Waals surface area contributed by atoms with Gasteiger partial charge in [-0.3, -0.25) is 4.79 Å². The molecule has 5 nitrogen and oxygen atoms in total. The maximum Gasteiger partial charge on any atom is 0.416 e. The highest BCUT2D eigenvalue weighted by Gasteiger charge is 2.31. The highest BCUT2D eigenvalue weighted by atomic mass is 35.5. The van der Waals surface area contributed by atoms with Crippen LogP contribution in [0.4, 0.5) is 18.9 Å². The number of hydrogen-bond donors (Lipinski definition) is 2. The molecule has 0 spiro atoms. The summed E-state index contributed by atoms with van der Waals surface area (Å²) in [5, 5.41) is 2.35. The van der Waals surface area contributed by atoms with Crippen LogP contribution in [0.25, 0.3) is 0 Å².